The third-order valence-corrected chi connectivity index (χ3v) is 4.88. The highest BCUT2D eigenvalue weighted by molar-refractivity contribution is 5.79. The van der Waals surface area contributed by atoms with E-state index in [1.54, 1.807) is 0 Å². The highest BCUT2D eigenvalue weighted by Crippen LogP contribution is 2.28. The minimum Gasteiger partial charge on any atom is -0.372 e. The fraction of sp³-hybridized carbons (Fsp3) is 0.611. The number of nitrogens with zero attached hydrogens (tertiary/aromatic N) is 1. The molecule has 1 saturated heterocycles. The number of amides is 1. The minimum absolute atomic E-state index is 0.0414. The molecule has 23 heavy (non-hydrogen) atoms. The van der Waals surface area contributed by atoms with Crippen molar-refractivity contribution in [1.82, 2.24) is 4.90 Å². The molecule has 0 radical (unpaired) electrons. The van der Waals surface area contributed by atoms with Gasteiger partial charge < -0.3 is 9.64 Å². The standard InChI is InChI=1S/C18H23F2NO2/c19-15-7-8-17(20)14(10-15)12-23-16-6-3-9-21(11-16)18(22)13-4-1-2-5-13/h7-8,10,13,16H,1-6,9,11-12H2. The topological polar surface area (TPSA) is 29.5 Å². The Morgan fingerprint density at radius 2 is 1.96 bits per heavy atom. The molecule has 0 aromatic heterocycles. The van der Waals surface area contributed by atoms with E-state index in [9.17, 15) is 13.6 Å². The fourth-order valence-corrected chi connectivity index (χ4v) is 3.57. The molecule has 126 valence electrons. The van der Waals surface area contributed by atoms with E-state index in [2.05, 4.69) is 0 Å². The number of carbonyl (C=O) groups excluding carboxylic acids is 1. The average Bonchev–Trinajstić information content (AvgIpc) is 3.10. The van der Waals surface area contributed by atoms with Crippen LogP contribution in [0.4, 0.5) is 8.78 Å². The Morgan fingerprint density at radius 1 is 1.17 bits per heavy atom. The van der Waals surface area contributed by atoms with E-state index in [1.165, 1.54) is 6.07 Å². The lowest BCUT2D eigenvalue weighted by atomic mass is 10.0. The molecule has 1 aromatic rings. The Hall–Kier alpha value is -1.49. The zero-order chi connectivity index (χ0) is 16.2. The minimum atomic E-state index is -0.466. The van der Waals surface area contributed by atoms with E-state index in [0.717, 1.165) is 57.2 Å². The maximum absolute atomic E-state index is 13.6. The number of halogens is 2. The first-order valence-corrected chi connectivity index (χ1v) is 8.48. The number of piperidine rings is 1. The second-order valence-corrected chi connectivity index (χ2v) is 6.58. The summed E-state index contributed by atoms with van der Waals surface area (Å²) in [6.07, 6.45) is 5.92. The predicted molar refractivity (Wildman–Crippen MR) is 82.7 cm³/mol. The van der Waals surface area contributed by atoms with Gasteiger partial charge in [-0.25, -0.2) is 8.78 Å². The quantitative estimate of drug-likeness (QED) is 0.846. The molecule has 1 aromatic carbocycles. The second kappa shape index (κ2) is 7.39. The molecular weight excluding hydrogens is 300 g/mol. The molecule has 1 aliphatic heterocycles. The van der Waals surface area contributed by atoms with E-state index < -0.39 is 11.6 Å². The number of carbonyl (C=O) groups is 1. The van der Waals surface area contributed by atoms with Crippen molar-refractivity contribution in [3.8, 4) is 0 Å². The highest BCUT2D eigenvalue weighted by Gasteiger charge is 2.30. The van der Waals surface area contributed by atoms with E-state index in [4.69, 9.17) is 4.74 Å². The second-order valence-electron chi connectivity index (χ2n) is 6.58. The first-order chi connectivity index (χ1) is 11.1. The Morgan fingerprint density at radius 3 is 2.74 bits per heavy atom. The van der Waals surface area contributed by atoms with Crippen LogP contribution >= 0.6 is 0 Å². The highest BCUT2D eigenvalue weighted by atomic mass is 19.1. The number of ether oxygens (including phenoxy) is 1. The van der Waals surface area contributed by atoms with Crippen LogP contribution in [-0.4, -0.2) is 30.0 Å². The molecule has 1 unspecified atom stereocenters. The van der Waals surface area contributed by atoms with Crippen molar-refractivity contribution in [3.63, 3.8) is 0 Å². The summed E-state index contributed by atoms with van der Waals surface area (Å²) in [5.74, 6) is -0.505. The third kappa shape index (κ3) is 4.08. The van der Waals surface area contributed by atoms with Crippen LogP contribution in [0.5, 0.6) is 0 Å². The molecule has 3 rings (SSSR count). The van der Waals surface area contributed by atoms with Crippen molar-refractivity contribution in [1.29, 1.82) is 0 Å². The van der Waals surface area contributed by atoms with Crippen molar-refractivity contribution >= 4 is 5.91 Å². The SMILES string of the molecule is O=C(C1CCCC1)N1CCCC(OCc2cc(F)ccc2F)C1. The van der Waals surface area contributed by atoms with Gasteiger partial charge >= 0.3 is 0 Å². The molecule has 2 fully saturated rings. The molecule has 1 atom stereocenters. The summed E-state index contributed by atoms with van der Waals surface area (Å²) < 4.78 is 32.5. The molecule has 1 amide bonds. The van der Waals surface area contributed by atoms with E-state index in [0.29, 0.717) is 6.54 Å². The van der Waals surface area contributed by atoms with Gasteiger partial charge in [0, 0.05) is 24.6 Å². The van der Waals surface area contributed by atoms with Gasteiger partial charge in [-0.2, -0.15) is 0 Å². The number of hydrogen-bond donors (Lipinski definition) is 0. The number of hydrogen-bond acceptors (Lipinski definition) is 2. The Bertz CT molecular complexity index is 558. The van der Waals surface area contributed by atoms with Gasteiger partial charge in [-0.1, -0.05) is 12.8 Å². The van der Waals surface area contributed by atoms with Crippen molar-refractivity contribution < 1.29 is 18.3 Å². The van der Waals surface area contributed by atoms with Crippen LogP contribution in [0.3, 0.4) is 0 Å². The molecule has 0 spiro atoms. The van der Waals surface area contributed by atoms with E-state index in [-0.39, 0.29) is 30.1 Å². The van der Waals surface area contributed by atoms with Gasteiger partial charge in [-0.3, -0.25) is 4.79 Å². The van der Waals surface area contributed by atoms with Gasteiger partial charge in [0.1, 0.15) is 11.6 Å². The van der Waals surface area contributed by atoms with Crippen LogP contribution in [0, 0.1) is 17.6 Å². The summed E-state index contributed by atoms with van der Waals surface area (Å²) in [5.41, 5.74) is 0.226. The van der Waals surface area contributed by atoms with Crippen molar-refractivity contribution in [2.45, 2.75) is 51.2 Å². The van der Waals surface area contributed by atoms with Crippen molar-refractivity contribution in [2.75, 3.05) is 13.1 Å². The molecule has 5 heteroatoms. The van der Waals surface area contributed by atoms with Crippen LogP contribution in [-0.2, 0) is 16.1 Å². The van der Waals surface area contributed by atoms with Crippen LogP contribution < -0.4 is 0 Å². The average molecular weight is 323 g/mol. The summed E-state index contributed by atoms with van der Waals surface area (Å²) in [6.45, 7) is 1.38. The summed E-state index contributed by atoms with van der Waals surface area (Å²) in [4.78, 5) is 14.4. The zero-order valence-corrected chi connectivity index (χ0v) is 13.3. The van der Waals surface area contributed by atoms with Gasteiger partial charge in [0.05, 0.1) is 12.7 Å². The summed E-state index contributed by atoms with van der Waals surface area (Å²) in [7, 11) is 0. The maximum atomic E-state index is 13.6. The molecule has 1 heterocycles. The lowest BCUT2D eigenvalue weighted by molar-refractivity contribution is -0.139. The van der Waals surface area contributed by atoms with Crippen LogP contribution in [0.2, 0.25) is 0 Å². The first kappa shape index (κ1) is 16.4. The van der Waals surface area contributed by atoms with Gasteiger partial charge in [-0.15, -0.1) is 0 Å². The summed E-state index contributed by atoms with van der Waals surface area (Å²) >= 11 is 0. The molecule has 2 aliphatic rings. The predicted octanol–water partition coefficient (Wildman–Crippen LogP) is 3.66. The van der Waals surface area contributed by atoms with Gasteiger partial charge in [0.25, 0.3) is 0 Å². The van der Waals surface area contributed by atoms with Gasteiger partial charge in [0.2, 0.25) is 5.91 Å². The Balaban J connectivity index is 1.54. The lowest BCUT2D eigenvalue weighted by Gasteiger charge is -2.34. The van der Waals surface area contributed by atoms with Crippen LogP contribution in [0.1, 0.15) is 44.1 Å². The lowest BCUT2D eigenvalue weighted by Crippen LogP contribution is -2.45. The number of likely N-dealkylation sites (tertiary alicyclic amines) is 1. The molecule has 1 aliphatic carbocycles. The van der Waals surface area contributed by atoms with Crippen molar-refractivity contribution in [2.24, 2.45) is 5.92 Å². The van der Waals surface area contributed by atoms with Crippen molar-refractivity contribution in [3.05, 3.63) is 35.4 Å². The first-order valence-electron chi connectivity index (χ1n) is 8.48. The molecule has 1 saturated carbocycles. The third-order valence-electron chi connectivity index (χ3n) is 4.88. The maximum Gasteiger partial charge on any atom is 0.225 e. The van der Waals surface area contributed by atoms with Gasteiger partial charge in [0.15, 0.2) is 0 Å². The monoisotopic (exact) mass is 323 g/mol. The Labute approximate surface area is 135 Å². The van der Waals surface area contributed by atoms with Gasteiger partial charge in [-0.05, 0) is 43.9 Å². The molecule has 3 nitrogen and oxygen atoms in total. The molecular formula is C18H23F2NO2. The summed E-state index contributed by atoms with van der Waals surface area (Å²) in [6, 6.07) is 3.38. The molecule has 0 bridgehead atoms. The fourth-order valence-electron chi connectivity index (χ4n) is 3.57. The molecule has 0 N–H and O–H groups in total. The van der Waals surface area contributed by atoms with Crippen LogP contribution in [0.15, 0.2) is 18.2 Å². The smallest absolute Gasteiger partial charge is 0.225 e. The summed E-state index contributed by atoms with van der Waals surface area (Å²) in [5, 5.41) is 0. The van der Waals surface area contributed by atoms with Crippen LogP contribution in [0.25, 0.3) is 0 Å². The largest absolute Gasteiger partial charge is 0.372 e. The zero-order valence-electron chi connectivity index (χ0n) is 13.3. The Kier molecular flexibility index (Phi) is 5.26. The number of rotatable bonds is 4. The normalized spacial score (nSPS) is 22.5. The van der Waals surface area contributed by atoms with E-state index >= 15 is 0 Å². The number of benzene rings is 1. The van der Waals surface area contributed by atoms with E-state index in [1.807, 2.05) is 4.90 Å².